The van der Waals surface area contributed by atoms with E-state index in [0.717, 1.165) is 37.3 Å². The van der Waals surface area contributed by atoms with Crippen LogP contribution in [0.1, 0.15) is 17.4 Å². The maximum absolute atomic E-state index is 11.5. The number of hydrogen-bond donors (Lipinski definition) is 2. The lowest BCUT2D eigenvalue weighted by atomic mass is 10.2. The van der Waals surface area contributed by atoms with Crippen molar-refractivity contribution in [3.63, 3.8) is 0 Å². The van der Waals surface area contributed by atoms with Gasteiger partial charge in [-0.05, 0) is 36.4 Å². The Balaban J connectivity index is 2.08. The van der Waals surface area contributed by atoms with Crippen LogP contribution in [0.15, 0.2) is 46.8 Å². The predicted octanol–water partition coefficient (Wildman–Crippen LogP) is 2.76. The summed E-state index contributed by atoms with van der Waals surface area (Å²) < 4.78 is 25.6. The van der Waals surface area contributed by atoms with E-state index in [1.807, 2.05) is 26.1 Å². The zero-order valence-corrected chi connectivity index (χ0v) is 17.0. The summed E-state index contributed by atoms with van der Waals surface area (Å²) in [5.74, 6) is 0.804. The van der Waals surface area contributed by atoms with Gasteiger partial charge in [0.2, 0.25) is 10.0 Å². The highest BCUT2D eigenvalue weighted by Crippen LogP contribution is 2.17. The van der Waals surface area contributed by atoms with Crippen LogP contribution in [-0.2, 0) is 23.0 Å². The van der Waals surface area contributed by atoms with Crippen molar-refractivity contribution >= 4 is 33.0 Å². The smallest absolute Gasteiger partial charge is 0.229 e. The topological polar surface area (TPSA) is 73.8 Å². The molecule has 142 valence electrons. The number of nitrogens with zero attached hydrogens (tertiary/aromatic N) is 2. The second-order valence-electron chi connectivity index (χ2n) is 5.95. The molecule has 1 heterocycles. The first-order valence-electron chi connectivity index (χ1n) is 8.46. The van der Waals surface area contributed by atoms with Crippen LogP contribution in [0.3, 0.4) is 0 Å². The summed E-state index contributed by atoms with van der Waals surface area (Å²) in [6, 6.07) is 11.5. The third-order valence-corrected chi connectivity index (χ3v) is 5.21. The van der Waals surface area contributed by atoms with Gasteiger partial charge >= 0.3 is 0 Å². The SMILES string of the molecule is CCNC(=NCc1ccccc1NS(C)(=O)=O)N(C)CCc1cccs1. The molecular formula is C18H26N4O2S2. The molecule has 2 rings (SSSR count). The average Bonchev–Trinajstić information content (AvgIpc) is 3.10. The molecule has 0 atom stereocenters. The first kappa shape index (κ1) is 20.3. The number of thiophene rings is 1. The van der Waals surface area contributed by atoms with E-state index in [0.29, 0.717) is 12.2 Å². The summed E-state index contributed by atoms with van der Waals surface area (Å²) >= 11 is 1.76. The van der Waals surface area contributed by atoms with E-state index >= 15 is 0 Å². The van der Waals surface area contributed by atoms with Crippen LogP contribution in [0.4, 0.5) is 5.69 Å². The van der Waals surface area contributed by atoms with E-state index in [4.69, 9.17) is 0 Å². The molecule has 8 heteroatoms. The Kier molecular flexibility index (Phi) is 7.47. The number of benzene rings is 1. The number of guanidine groups is 1. The second kappa shape index (κ2) is 9.59. The van der Waals surface area contributed by atoms with Crippen molar-refractivity contribution in [3.05, 3.63) is 52.2 Å². The van der Waals surface area contributed by atoms with E-state index in [1.54, 1.807) is 23.5 Å². The molecule has 0 aliphatic rings. The van der Waals surface area contributed by atoms with Gasteiger partial charge in [0.25, 0.3) is 0 Å². The molecule has 26 heavy (non-hydrogen) atoms. The summed E-state index contributed by atoms with van der Waals surface area (Å²) in [6.07, 6.45) is 2.11. The molecule has 1 aromatic heterocycles. The van der Waals surface area contributed by atoms with Gasteiger partial charge in [0.1, 0.15) is 0 Å². The number of anilines is 1. The molecule has 6 nitrogen and oxygen atoms in total. The molecule has 0 radical (unpaired) electrons. The lowest BCUT2D eigenvalue weighted by molar-refractivity contribution is 0.486. The van der Waals surface area contributed by atoms with Crippen LogP contribution >= 0.6 is 11.3 Å². The molecule has 0 saturated heterocycles. The molecule has 0 aliphatic heterocycles. The van der Waals surface area contributed by atoms with Gasteiger partial charge in [0.05, 0.1) is 18.5 Å². The summed E-state index contributed by atoms with van der Waals surface area (Å²) in [5.41, 5.74) is 1.40. The van der Waals surface area contributed by atoms with Crippen molar-refractivity contribution in [2.45, 2.75) is 19.9 Å². The average molecular weight is 395 g/mol. The highest BCUT2D eigenvalue weighted by molar-refractivity contribution is 7.92. The monoisotopic (exact) mass is 394 g/mol. The number of rotatable bonds is 8. The lowest BCUT2D eigenvalue weighted by Gasteiger charge is -2.22. The highest BCUT2D eigenvalue weighted by Gasteiger charge is 2.09. The van der Waals surface area contributed by atoms with Gasteiger partial charge < -0.3 is 10.2 Å². The first-order valence-corrected chi connectivity index (χ1v) is 11.2. The van der Waals surface area contributed by atoms with Gasteiger partial charge in [-0.2, -0.15) is 0 Å². The van der Waals surface area contributed by atoms with Gasteiger partial charge in [-0.15, -0.1) is 11.3 Å². The van der Waals surface area contributed by atoms with Crippen molar-refractivity contribution in [1.29, 1.82) is 0 Å². The second-order valence-corrected chi connectivity index (χ2v) is 8.73. The maximum atomic E-state index is 11.5. The lowest BCUT2D eigenvalue weighted by Crippen LogP contribution is -2.39. The van der Waals surface area contributed by atoms with E-state index < -0.39 is 10.0 Å². The standard InChI is InChI=1S/C18H26N4O2S2/c1-4-19-18(22(2)12-11-16-9-7-13-25-16)20-14-15-8-5-6-10-17(15)21-26(3,23)24/h5-10,13,21H,4,11-12,14H2,1-3H3,(H,19,20). The number of aliphatic imine (C=N–C) groups is 1. The van der Waals surface area contributed by atoms with E-state index in [1.165, 1.54) is 4.88 Å². The zero-order valence-electron chi connectivity index (χ0n) is 15.4. The molecule has 0 spiro atoms. The van der Waals surface area contributed by atoms with Gasteiger partial charge in [0.15, 0.2) is 5.96 Å². The van der Waals surface area contributed by atoms with Crippen molar-refractivity contribution < 1.29 is 8.42 Å². The summed E-state index contributed by atoms with van der Waals surface area (Å²) in [7, 11) is -1.31. The summed E-state index contributed by atoms with van der Waals surface area (Å²) in [6.45, 7) is 4.05. The van der Waals surface area contributed by atoms with Crippen LogP contribution in [0.5, 0.6) is 0 Å². The Labute approximate surface area is 160 Å². The minimum atomic E-state index is -3.32. The Bertz CT molecular complexity index is 817. The molecule has 2 N–H and O–H groups in total. The predicted molar refractivity (Wildman–Crippen MR) is 110 cm³/mol. The quantitative estimate of drug-likeness (QED) is 0.533. The summed E-state index contributed by atoms with van der Waals surface area (Å²) in [4.78, 5) is 8.11. The van der Waals surface area contributed by atoms with Crippen molar-refractivity contribution in [2.75, 3.05) is 31.1 Å². The molecule has 0 aliphatic carbocycles. The highest BCUT2D eigenvalue weighted by atomic mass is 32.2. The third-order valence-electron chi connectivity index (χ3n) is 3.68. The van der Waals surface area contributed by atoms with Crippen molar-refractivity contribution in [1.82, 2.24) is 10.2 Å². The van der Waals surface area contributed by atoms with Crippen LogP contribution in [0.2, 0.25) is 0 Å². The normalized spacial score (nSPS) is 12.0. The molecule has 0 bridgehead atoms. The van der Waals surface area contributed by atoms with Crippen molar-refractivity contribution in [3.8, 4) is 0 Å². The third kappa shape index (κ3) is 6.68. The van der Waals surface area contributed by atoms with E-state index in [-0.39, 0.29) is 0 Å². The molecule has 0 amide bonds. The Morgan fingerprint density at radius 1 is 1.23 bits per heavy atom. The van der Waals surface area contributed by atoms with Crippen LogP contribution in [-0.4, -0.2) is 45.7 Å². The number of likely N-dealkylation sites (N-methyl/N-ethyl adjacent to an activating group) is 1. The van der Waals surface area contributed by atoms with E-state index in [2.05, 4.69) is 37.4 Å². The molecule has 2 aromatic rings. The Morgan fingerprint density at radius 3 is 2.65 bits per heavy atom. The van der Waals surface area contributed by atoms with Crippen molar-refractivity contribution in [2.24, 2.45) is 4.99 Å². The van der Waals surface area contributed by atoms with Gasteiger partial charge in [0, 0.05) is 25.0 Å². The minimum Gasteiger partial charge on any atom is -0.357 e. The van der Waals surface area contributed by atoms with Gasteiger partial charge in [-0.3, -0.25) is 4.72 Å². The summed E-state index contributed by atoms with van der Waals surface area (Å²) in [5, 5.41) is 5.37. The molecule has 1 aromatic carbocycles. The van der Waals surface area contributed by atoms with Crippen LogP contribution < -0.4 is 10.0 Å². The number of nitrogens with one attached hydrogen (secondary N) is 2. The fourth-order valence-corrected chi connectivity index (χ4v) is 3.72. The fraction of sp³-hybridized carbons (Fsp3) is 0.389. The van der Waals surface area contributed by atoms with Gasteiger partial charge in [-0.25, -0.2) is 13.4 Å². The minimum absolute atomic E-state index is 0.393. The molecule has 0 unspecified atom stereocenters. The maximum Gasteiger partial charge on any atom is 0.229 e. The Morgan fingerprint density at radius 2 is 2.00 bits per heavy atom. The van der Waals surface area contributed by atoms with E-state index in [9.17, 15) is 8.42 Å². The van der Waals surface area contributed by atoms with Gasteiger partial charge in [-0.1, -0.05) is 24.3 Å². The number of sulfonamides is 1. The van der Waals surface area contributed by atoms with Crippen LogP contribution in [0.25, 0.3) is 0 Å². The fourth-order valence-electron chi connectivity index (χ4n) is 2.43. The van der Waals surface area contributed by atoms with Crippen LogP contribution in [0, 0.1) is 0 Å². The molecular weight excluding hydrogens is 368 g/mol. The number of para-hydroxylation sites is 1. The largest absolute Gasteiger partial charge is 0.357 e. The number of hydrogen-bond acceptors (Lipinski definition) is 4. The Hall–Kier alpha value is -2.06. The first-order chi connectivity index (χ1) is 12.4. The molecule has 0 fully saturated rings. The zero-order chi connectivity index (χ0) is 19.0. The molecule has 0 saturated carbocycles.